The van der Waals surface area contributed by atoms with E-state index in [1.165, 1.54) is 6.92 Å². The molecule has 0 radical (unpaired) electrons. The van der Waals surface area contributed by atoms with Crippen molar-refractivity contribution in [2.45, 2.75) is 13.3 Å². The normalized spacial score (nSPS) is 9.25. The van der Waals surface area contributed by atoms with Gasteiger partial charge in [0.05, 0.1) is 16.1 Å². The number of amides is 1. The van der Waals surface area contributed by atoms with E-state index in [9.17, 15) is 24.8 Å². The largest absolute Gasteiger partial charge is 0.506 e. The highest BCUT2D eigenvalue weighted by Crippen LogP contribution is 2.26. The van der Waals surface area contributed by atoms with Crippen molar-refractivity contribution < 1.29 is 19.6 Å². The third kappa shape index (κ3) is 4.10. The van der Waals surface area contributed by atoms with Gasteiger partial charge in [0, 0.05) is 32.0 Å². The van der Waals surface area contributed by atoms with Crippen LogP contribution in [0.4, 0.5) is 5.69 Å². The van der Waals surface area contributed by atoms with Crippen molar-refractivity contribution in [1.82, 2.24) is 5.32 Å². The van der Waals surface area contributed by atoms with Gasteiger partial charge in [-0.15, -0.1) is 0 Å². The first-order valence-electron chi connectivity index (χ1n) is 5.65. The Hall–Kier alpha value is -2.88. The standard InChI is InChI=1S/C13H12N2O5/c1-9(17)14-5-3-2-4-10-6-12(15(19)20)7-11(8-16)13(10)18/h6-8,18H,3,5H2,1H3,(H,14,17). The van der Waals surface area contributed by atoms with E-state index in [2.05, 4.69) is 17.2 Å². The van der Waals surface area contributed by atoms with Gasteiger partial charge in [0.25, 0.3) is 5.69 Å². The predicted molar refractivity (Wildman–Crippen MR) is 70.3 cm³/mol. The molecule has 0 heterocycles. The van der Waals surface area contributed by atoms with E-state index in [4.69, 9.17) is 0 Å². The number of phenols is 1. The molecule has 1 amide bonds. The van der Waals surface area contributed by atoms with Crippen LogP contribution in [-0.2, 0) is 4.79 Å². The number of nitro groups is 1. The highest BCUT2D eigenvalue weighted by atomic mass is 16.6. The Morgan fingerprint density at radius 3 is 2.80 bits per heavy atom. The van der Waals surface area contributed by atoms with Crippen molar-refractivity contribution in [2.75, 3.05) is 6.54 Å². The average Bonchev–Trinajstić information content (AvgIpc) is 2.39. The van der Waals surface area contributed by atoms with Crippen molar-refractivity contribution in [2.24, 2.45) is 0 Å². The summed E-state index contributed by atoms with van der Waals surface area (Å²) in [5.74, 6) is 4.62. The zero-order chi connectivity index (χ0) is 15.1. The number of carbonyl (C=O) groups excluding carboxylic acids is 2. The summed E-state index contributed by atoms with van der Waals surface area (Å²) in [6.07, 6.45) is 0.642. The van der Waals surface area contributed by atoms with Crippen LogP contribution in [-0.4, -0.2) is 28.8 Å². The lowest BCUT2D eigenvalue weighted by molar-refractivity contribution is -0.384. The molecule has 0 fully saturated rings. The van der Waals surface area contributed by atoms with Crippen LogP contribution in [0.15, 0.2) is 12.1 Å². The lowest BCUT2D eigenvalue weighted by atomic mass is 10.1. The van der Waals surface area contributed by atoms with Crippen molar-refractivity contribution in [3.05, 3.63) is 33.4 Å². The SMILES string of the molecule is CC(=O)NCCC#Cc1cc([N+](=O)[O-])cc(C=O)c1O. The molecule has 0 aliphatic heterocycles. The Morgan fingerprint density at radius 2 is 2.25 bits per heavy atom. The number of hydrogen-bond acceptors (Lipinski definition) is 5. The van der Waals surface area contributed by atoms with Gasteiger partial charge in [-0.05, 0) is 0 Å². The highest BCUT2D eigenvalue weighted by Gasteiger charge is 2.14. The van der Waals surface area contributed by atoms with Gasteiger partial charge < -0.3 is 10.4 Å². The van der Waals surface area contributed by atoms with E-state index in [1.54, 1.807) is 0 Å². The molecule has 0 aromatic heterocycles. The number of rotatable bonds is 4. The van der Waals surface area contributed by atoms with Gasteiger partial charge in [-0.2, -0.15) is 0 Å². The van der Waals surface area contributed by atoms with E-state index in [1.807, 2.05) is 0 Å². The summed E-state index contributed by atoms with van der Waals surface area (Å²) in [5, 5.41) is 22.9. The van der Waals surface area contributed by atoms with Crippen LogP contribution in [0, 0.1) is 22.0 Å². The van der Waals surface area contributed by atoms with Crippen LogP contribution in [0.2, 0.25) is 0 Å². The minimum Gasteiger partial charge on any atom is -0.506 e. The third-order valence-corrected chi connectivity index (χ3v) is 2.31. The second-order valence-electron chi connectivity index (χ2n) is 3.84. The summed E-state index contributed by atoms with van der Waals surface area (Å²) in [4.78, 5) is 31.4. The Morgan fingerprint density at radius 1 is 1.55 bits per heavy atom. The molecule has 7 heteroatoms. The molecule has 1 aromatic carbocycles. The van der Waals surface area contributed by atoms with Gasteiger partial charge in [-0.1, -0.05) is 11.8 Å². The Labute approximate surface area is 114 Å². The fraction of sp³-hybridized carbons (Fsp3) is 0.231. The molecule has 0 saturated carbocycles. The monoisotopic (exact) mass is 276 g/mol. The smallest absolute Gasteiger partial charge is 0.271 e. The van der Waals surface area contributed by atoms with Crippen LogP contribution < -0.4 is 5.32 Å². The van der Waals surface area contributed by atoms with E-state index >= 15 is 0 Å². The van der Waals surface area contributed by atoms with Crippen molar-refractivity contribution in [3.8, 4) is 17.6 Å². The second kappa shape index (κ2) is 6.89. The number of aldehydes is 1. The molecule has 2 N–H and O–H groups in total. The molecule has 0 unspecified atom stereocenters. The van der Waals surface area contributed by atoms with Crippen LogP contribution in [0.25, 0.3) is 0 Å². The zero-order valence-electron chi connectivity index (χ0n) is 10.7. The first-order chi connectivity index (χ1) is 9.45. The summed E-state index contributed by atoms with van der Waals surface area (Å²) >= 11 is 0. The molecular weight excluding hydrogens is 264 g/mol. The number of carbonyl (C=O) groups is 2. The summed E-state index contributed by atoms with van der Waals surface area (Å²) in [6, 6.07) is 2.07. The maximum atomic E-state index is 10.7. The molecule has 7 nitrogen and oxygen atoms in total. The van der Waals surface area contributed by atoms with Crippen molar-refractivity contribution in [3.63, 3.8) is 0 Å². The van der Waals surface area contributed by atoms with Crippen LogP contribution in [0.5, 0.6) is 5.75 Å². The number of hydrogen-bond donors (Lipinski definition) is 2. The quantitative estimate of drug-likeness (QED) is 0.280. The maximum Gasteiger partial charge on any atom is 0.271 e. The number of aromatic hydroxyl groups is 1. The van der Waals surface area contributed by atoms with Gasteiger partial charge in [-0.25, -0.2) is 0 Å². The molecule has 1 aromatic rings. The molecule has 20 heavy (non-hydrogen) atoms. The number of nitrogens with one attached hydrogen (secondary N) is 1. The van der Waals surface area contributed by atoms with E-state index in [0.29, 0.717) is 19.3 Å². The Balaban J connectivity index is 2.96. The molecule has 0 bridgehead atoms. The molecular formula is C13H12N2O5. The van der Waals surface area contributed by atoms with Gasteiger partial charge in [0.2, 0.25) is 5.91 Å². The topological polar surface area (TPSA) is 110 Å². The Bertz CT molecular complexity index is 613. The van der Waals surface area contributed by atoms with E-state index in [-0.39, 0.29) is 22.7 Å². The number of phenolic OH excluding ortho intramolecular Hbond substituents is 1. The zero-order valence-corrected chi connectivity index (χ0v) is 10.7. The number of nitrogens with zero attached hydrogens (tertiary/aromatic N) is 1. The van der Waals surface area contributed by atoms with Gasteiger partial charge in [0.1, 0.15) is 5.75 Å². The summed E-state index contributed by atoms with van der Waals surface area (Å²) in [6.45, 7) is 1.70. The van der Waals surface area contributed by atoms with Crippen molar-refractivity contribution in [1.29, 1.82) is 0 Å². The first-order valence-corrected chi connectivity index (χ1v) is 5.65. The molecule has 0 saturated heterocycles. The molecule has 0 aliphatic carbocycles. The average molecular weight is 276 g/mol. The van der Waals surface area contributed by atoms with Crippen LogP contribution in [0.1, 0.15) is 29.3 Å². The minimum atomic E-state index is -0.672. The fourth-order valence-corrected chi connectivity index (χ4v) is 1.39. The van der Waals surface area contributed by atoms with Gasteiger partial charge >= 0.3 is 0 Å². The summed E-state index contributed by atoms with van der Waals surface area (Å²) in [7, 11) is 0. The van der Waals surface area contributed by atoms with Crippen LogP contribution >= 0.6 is 0 Å². The fourth-order valence-electron chi connectivity index (χ4n) is 1.39. The van der Waals surface area contributed by atoms with Gasteiger partial charge in [0.15, 0.2) is 6.29 Å². The predicted octanol–water partition coefficient (Wildman–Crippen LogP) is 0.991. The van der Waals surface area contributed by atoms with Gasteiger partial charge in [-0.3, -0.25) is 19.7 Å². The number of nitro benzene ring substituents is 1. The first kappa shape index (κ1) is 15.2. The van der Waals surface area contributed by atoms with Crippen molar-refractivity contribution >= 4 is 17.9 Å². The minimum absolute atomic E-state index is 0.00382. The molecule has 104 valence electrons. The number of benzene rings is 1. The maximum absolute atomic E-state index is 10.7. The Kier molecular flexibility index (Phi) is 5.23. The summed E-state index contributed by atoms with van der Waals surface area (Å²) in [5.41, 5.74) is -0.509. The lowest BCUT2D eigenvalue weighted by Gasteiger charge is -2.01. The molecule has 1 rings (SSSR count). The van der Waals surface area contributed by atoms with E-state index < -0.39 is 10.7 Å². The number of non-ortho nitro benzene ring substituents is 1. The molecule has 0 spiro atoms. The lowest BCUT2D eigenvalue weighted by Crippen LogP contribution is -2.20. The van der Waals surface area contributed by atoms with E-state index in [0.717, 1.165) is 12.1 Å². The highest BCUT2D eigenvalue weighted by molar-refractivity contribution is 5.82. The third-order valence-electron chi connectivity index (χ3n) is 2.31. The second-order valence-corrected chi connectivity index (χ2v) is 3.84. The molecule has 0 atom stereocenters. The summed E-state index contributed by atoms with van der Waals surface area (Å²) < 4.78 is 0. The molecule has 0 aliphatic rings. The van der Waals surface area contributed by atoms with Crippen LogP contribution in [0.3, 0.4) is 0 Å².